The van der Waals surface area contributed by atoms with Crippen LogP contribution in [0.25, 0.3) is 5.69 Å². The lowest BCUT2D eigenvalue weighted by atomic mass is 10.2. The van der Waals surface area contributed by atoms with Crippen molar-refractivity contribution in [2.75, 3.05) is 0 Å². The lowest BCUT2D eigenvalue weighted by molar-refractivity contribution is 0.835. The van der Waals surface area contributed by atoms with Crippen LogP contribution in [-0.4, -0.2) is 16.0 Å². The van der Waals surface area contributed by atoms with E-state index in [2.05, 4.69) is 10.1 Å². The minimum Gasteiger partial charge on any atom is -0.295 e. The van der Waals surface area contributed by atoms with Gasteiger partial charge in [-0.1, -0.05) is 35.4 Å². The Balaban J connectivity index is 1.99. The van der Waals surface area contributed by atoms with Gasteiger partial charge in [0.2, 0.25) is 0 Å². The molecular weight excluding hydrogens is 322 g/mol. The number of aryl methyl sites for hydroxylation is 3. The molecule has 3 aromatic rings. The molecule has 0 amide bonds. The third-order valence-electron chi connectivity index (χ3n) is 3.91. The van der Waals surface area contributed by atoms with Crippen molar-refractivity contribution in [3.05, 3.63) is 80.2 Å². The van der Waals surface area contributed by atoms with Crippen LogP contribution >= 0.6 is 11.6 Å². The van der Waals surface area contributed by atoms with Crippen molar-refractivity contribution < 1.29 is 0 Å². The Hall–Kier alpha value is -2.59. The second kappa shape index (κ2) is 6.49. The highest BCUT2D eigenvalue weighted by Crippen LogP contribution is 2.19. The van der Waals surface area contributed by atoms with Crippen molar-refractivity contribution in [1.29, 1.82) is 0 Å². The Labute approximate surface area is 145 Å². The van der Waals surface area contributed by atoms with Crippen molar-refractivity contribution in [1.82, 2.24) is 9.78 Å². The number of H-pyrrole nitrogens is 1. The average Bonchev–Trinajstić information content (AvgIpc) is 2.84. The summed E-state index contributed by atoms with van der Waals surface area (Å²) in [5.74, 6) is 0. The number of rotatable bonds is 3. The molecule has 0 bridgehead atoms. The van der Waals surface area contributed by atoms with Crippen LogP contribution in [0.3, 0.4) is 0 Å². The predicted molar refractivity (Wildman–Crippen MR) is 99.3 cm³/mol. The highest BCUT2D eigenvalue weighted by atomic mass is 35.5. The monoisotopic (exact) mass is 339 g/mol. The summed E-state index contributed by atoms with van der Waals surface area (Å²) in [6.45, 7) is 5.80. The first-order chi connectivity index (χ1) is 11.5. The van der Waals surface area contributed by atoms with E-state index < -0.39 is 0 Å². The van der Waals surface area contributed by atoms with E-state index in [4.69, 9.17) is 11.6 Å². The Kier molecular flexibility index (Phi) is 4.40. The van der Waals surface area contributed by atoms with Crippen LogP contribution in [0.2, 0.25) is 5.02 Å². The Morgan fingerprint density at radius 1 is 1.08 bits per heavy atom. The van der Waals surface area contributed by atoms with E-state index in [1.54, 1.807) is 12.3 Å². The lowest BCUT2D eigenvalue weighted by Crippen LogP contribution is -2.17. The first kappa shape index (κ1) is 16.3. The van der Waals surface area contributed by atoms with Crippen LogP contribution in [0.5, 0.6) is 0 Å². The first-order valence-corrected chi connectivity index (χ1v) is 8.02. The molecule has 2 aromatic carbocycles. The number of aromatic amines is 1. The number of aliphatic imine (C=N–C) groups is 1. The van der Waals surface area contributed by atoms with Gasteiger partial charge < -0.3 is 0 Å². The number of halogens is 1. The van der Waals surface area contributed by atoms with Gasteiger partial charge in [0.05, 0.1) is 16.9 Å². The zero-order valence-electron chi connectivity index (χ0n) is 13.8. The van der Waals surface area contributed by atoms with Crippen LogP contribution in [0.15, 0.2) is 52.3 Å². The molecule has 0 aliphatic heterocycles. The van der Waals surface area contributed by atoms with Gasteiger partial charge in [-0.25, -0.2) is 4.68 Å². The fraction of sp³-hybridized carbons (Fsp3) is 0.158. The maximum atomic E-state index is 12.7. The van der Waals surface area contributed by atoms with Gasteiger partial charge in [0.1, 0.15) is 0 Å². The Morgan fingerprint density at radius 3 is 2.46 bits per heavy atom. The van der Waals surface area contributed by atoms with Crippen LogP contribution in [-0.2, 0) is 0 Å². The van der Waals surface area contributed by atoms with Gasteiger partial charge >= 0.3 is 0 Å². The van der Waals surface area contributed by atoms with Crippen molar-refractivity contribution in [2.45, 2.75) is 20.8 Å². The number of hydrogen-bond acceptors (Lipinski definition) is 2. The van der Waals surface area contributed by atoms with Gasteiger partial charge in [0.15, 0.2) is 0 Å². The molecular formula is C19H18ClN3O. The number of nitrogens with one attached hydrogen (secondary N) is 1. The highest BCUT2D eigenvalue weighted by Gasteiger charge is 2.11. The molecule has 0 aliphatic carbocycles. The summed E-state index contributed by atoms with van der Waals surface area (Å²) >= 11 is 6.16. The fourth-order valence-electron chi connectivity index (χ4n) is 2.38. The van der Waals surface area contributed by atoms with Gasteiger partial charge in [-0.2, -0.15) is 0 Å². The van der Waals surface area contributed by atoms with Gasteiger partial charge in [-0.3, -0.25) is 14.9 Å². The van der Waals surface area contributed by atoms with Gasteiger partial charge in [0, 0.05) is 16.9 Å². The third kappa shape index (κ3) is 3.19. The van der Waals surface area contributed by atoms with Crippen LogP contribution in [0.1, 0.15) is 22.4 Å². The number of aromatic nitrogens is 2. The number of hydrogen-bond donors (Lipinski definition) is 1. The standard InChI is InChI=1S/C19H18ClN3O/c1-12-4-7-15(8-5-12)21-11-17-14(3)22-23(19(17)24)16-9-6-13(2)18(20)10-16/h4-11,22H,1-3H3. The normalized spacial score (nSPS) is 11.3. The summed E-state index contributed by atoms with van der Waals surface area (Å²) in [7, 11) is 0. The maximum Gasteiger partial charge on any atom is 0.280 e. The second-order valence-corrected chi connectivity index (χ2v) is 6.23. The average molecular weight is 340 g/mol. The summed E-state index contributed by atoms with van der Waals surface area (Å²) in [6.07, 6.45) is 1.60. The number of nitrogens with zero attached hydrogens (tertiary/aromatic N) is 2. The molecule has 0 saturated heterocycles. The van der Waals surface area contributed by atoms with Crippen molar-refractivity contribution >= 4 is 23.5 Å². The van der Waals surface area contributed by atoms with E-state index in [9.17, 15) is 4.79 Å². The zero-order valence-corrected chi connectivity index (χ0v) is 14.6. The smallest absolute Gasteiger partial charge is 0.280 e. The molecule has 3 rings (SSSR count). The SMILES string of the molecule is Cc1ccc(N=Cc2c(C)[nH]n(-c3ccc(C)c(Cl)c3)c2=O)cc1. The van der Waals surface area contributed by atoms with Crippen LogP contribution in [0, 0.1) is 20.8 Å². The minimum absolute atomic E-state index is 0.150. The summed E-state index contributed by atoms with van der Waals surface area (Å²) in [6, 6.07) is 13.3. The number of benzene rings is 2. The van der Waals surface area contributed by atoms with E-state index in [1.165, 1.54) is 10.2 Å². The molecule has 0 aliphatic rings. The molecule has 24 heavy (non-hydrogen) atoms. The topological polar surface area (TPSA) is 50.1 Å². The molecule has 0 atom stereocenters. The molecule has 1 heterocycles. The fourth-order valence-corrected chi connectivity index (χ4v) is 2.56. The predicted octanol–water partition coefficient (Wildman–Crippen LogP) is 4.49. The van der Waals surface area contributed by atoms with Gasteiger partial charge in [-0.05, 0) is 50.6 Å². The molecule has 0 spiro atoms. The Morgan fingerprint density at radius 2 is 1.79 bits per heavy atom. The summed E-state index contributed by atoms with van der Waals surface area (Å²) in [4.78, 5) is 17.1. The van der Waals surface area contributed by atoms with Gasteiger partial charge in [-0.15, -0.1) is 0 Å². The molecule has 5 heteroatoms. The van der Waals surface area contributed by atoms with E-state index in [-0.39, 0.29) is 5.56 Å². The maximum absolute atomic E-state index is 12.7. The van der Waals surface area contributed by atoms with E-state index in [0.29, 0.717) is 16.3 Å². The van der Waals surface area contributed by atoms with Crippen molar-refractivity contribution in [3.8, 4) is 5.69 Å². The molecule has 0 radical (unpaired) electrons. The first-order valence-electron chi connectivity index (χ1n) is 7.64. The summed E-state index contributed by atoms with van der Waals surface area (Å²) < 4.78 is 1.48. The zero-order chi connectivity index (χ0) is 17.3. The second-order valence-electron chi connectivity index (χ2n) is 5.82. The minimum atomic E-state index is -0.150. The molecule has 1 N–H and O–H groups in total. The van der Waals surface area contributed by atoms with E-state index in [0.717, 1.165) is 16.9 Å². The molecule has 4 nitrogen and oxygen atoms in total. The quantitative estimate of drug-likeness (QED) is 0.702. The molecule has 0 unspecified atom stereocenters. The highest BCUT2D eigenvalue weighted by molar-refractivity contribution is 6.31. The van der Waals surface area contributed by atoms with Crippen molar-refractivity contribution in [2.24, 2.45) is 4.99 Å². The van der Waals surface area contributed by atoms with Crippen LogP contribution < -0.4 is 5.56 Å². The molecule has 0 saturated carbocycles. The molecule has 122 valence electrons. The lowest BCUT2D eigenvalue weighted by Gasteiger charge is -2.04. The largest absolute Gasteiger partial charge is 0.295 e. The van der Waals surface area contributed by atoms with E-state index >= 15 is 0 Å². The summed E-state index contributed by atoms with van der Waals surface area (Å²) in [5, 5.41) is 3.70. The third-order valence-corrected chi connectivity index (χ3v) is 4.31. The van der Waals surface area contributed by atoms with E-state index in [1.807, 2.05) is 57.2 Å². The molecule has 1 aromatic heterocycles. The molecule has 0 fully saturated rings. The van der Waals surface area contributed by atoms with Crippen LogP contribution in [0.4, 0.5) is 5.69 Å². The van der Waals surface area contributed by atoms with Gasteiger partial charge in [0.25, 0.3) is 5.56 Å². The Bertz CT molecular complexity index is 965. The van der Waals surface area contributed by atoms with Crippen molar-refractivity contribution in [3.63, 3.8) is 0 Å². The summed E-state index contributed by atoms with van der Waals surface area (Å²) in [5.41, 5.74) is 4.80.